The van der Waals surface area contributed by atoms with E-state index in [1.807, 2.05) is 0 Å². The summed E-state index contributed by atoms with van der Waals surface area (Å²) in [5, 5.41) is 0. The van der Waals surface area contributed by atoms with E-state index in [4.69, 9.17) is 0 Å². The topological polar surface area (TPSA) is 72.9 Å². The summed E-state index contributed by atoms with van der Waals surface area (Å²) in [7, 11) is -0.789. The maximum atomic E-state index is 11.6. The predicted octanol–water partition coefficient (Wildman–Crippen LogP) is -0.542. The molecule has 0 aromatic heterocycles. The molecule has 0 unspecified atom stereocenters. The monoisotopic (exact) mass is 239 g/mol. The van der Waals surface area contributed by atoms with Gasteiger partial charge in [0.15, 0.2) is 0 Å². The summed E-state index contributed by atoms with van der Waals surface area (Å²) in [5.74, 6) is -0.702. The molecule has 0 radical (unpaired) electrons. The van der Waals surface area contributed by atoms with Gasteiger partial charge in [-0.1, -0.05) is 6.92 Å². The van der Waals surface area contributed by atoms with Crippen LogP contribution in [-0.4, -0.2) is 58.4 Å². The molecule has 0 aromatic carbocycles. The SMILES string of the molecule is CCN(CC(=O)OC)S(=O)(=O)CCOC. The van der Waals surface area contributed by atoms with Gasteiger partial charge in [0.1, 0.15) is 6.54 Å². The molecular weight excluding hydrogens is 222 g/mol. The first-order chi connectivity index (χ1) is 6.97. The number of carbonyl (C=O) groups is 1. The number of carbonyl (C=O) groups excluding carboxylic acids is 1. The second-order valence-electron chi connectivity index (χ2n) is 2.81. The van der Waals surface area contributed by atoms with Crippen LogP contribution in [0.4, 0.5) is 0 Å². The molecule has 0 heterocycles. The molecule has 0 spiro atoms. The van der Waals surface area contributed by atoms with Crippen molar-refractivity contribution in [2.24, 2.45) is 0 Å². The average molecular weight is 239 g/mol. The normalized spacial score (nSPS) is 11.7. The van der Waals surface area contributed by atoms with E-state index in [2.05, 4.69) is 9.47 Å². The third kappa shape index (κ3) is 5.10. The molecular formula is C8H17NO5S. The lowest BCUT2D eigenvalue weighted by molar-refractivity contribution is -0.140. The highest BCUT2D eigenvalue weighted by Crippen LogP contribution is 2.01. The highest BCUT2D eigenvalue weighted by Gasteiger charge is 2.22. The Morgan fingerprint density at radius 3 is 2.33 bits per heavy atom. The van der Waals surface area contributed by atoms with Crippen LogP contribution in [0.15, 0.2) is 0 Å². The third-order valence-electron chi connectivity index (χ3n) is 1.82. The van der Waals surface area contributed by atoms with Gasteiger partial charge in [0, 0.05) is 13.7 Å². The second-order valence-corrected chi connectivity index (χ2v) is 4.90. The van der Waals surface area contributed by atoms with E-state index in [9.17, 15) is 13.2 Å². The van der Waals surface area contributed by atoms with Crippen molar-refractivity contribution in [3.05, 3.63) is 0 Å². The number of ether oxygens (including phenoxy) is 2. The number of esters is 1. The van der Waals surface area contributed by atoms with E-state index < -0.39 is 16.0 Å². The van der Waals surface area contributed by atoms with Crippen LogP contribution in [0.5, 0.6) is 0 Å². The molecule has 0 aromatic rings. The van der Waals surface area contributed by atoms with Gasteiger partial charge in [-0.15, -0.1) is 0 Å². The highest BCUT2D eigenvalue weighted by atomic mass is 32.2. The highest BCUT2D eigenvalue weighted by molar-refractivity contribution is 7.89. The summed E-state index contributed by atoms with van der Waals surface area (Å²) in [6.45, 7) is 1.76. The summed E-state index contributed by atoms with van der Waals surface area (Å²) >= 11 is 0. The minimum absolute atomic E-state index is 0.111. The average Bonchev–Trinajstić information content (AvgIpc) is 2.22. The minimum Gasteiger partial charge on any atom is -0.468 e. The van der Waals surface area contributed by atoms with E-state index >= 15 is 0 Å². The summed E-state index contributed by atoms with van der Waals surface area (Å²) in [6, 6.07) is 0. The molecule has 0 aliphatic carbocycles. The first-order valence-electron chi connectivity index (χ1n) is 4.51. The van der Waals surface area contributed by atoms with Crippen molar-refractivity contribution >= 4 is 16.0 Å². The van der Waals surface area contributed by atoms with Crippen molar-refractivity contribution in [1.29, 1.82) is 0 Å². The van der Waals surface area contributed by atoms with Gasteiger partial charge in [-0.3, -0.25) is 4.79 Å². The Balaban J connectivity index is 4.44. The van der Waals surface area contributed by atoms with Gasteiger partial charge < -0.3 is 9.47 Å². The molecule has 0 bridgehead atoms. The lowest BCUT2D eigenvalue weighted by atomic mass is 10.6. The van der Waals surface area contributed by atoms with Gasteiger partial charge in [-0.2, -0.15) is 4.31 Å². The second kappa shape index (κ2) is 6.76. The van der Waals surface area contributed by atoms with Crippen molar-refractivity contribution in [3.63, 3.8) is 0 Å². The van der Waals surface area contributed by atoms with Crippen LogP contribution in [-0.2, 0) is 24.3 Å². The number of sulfonamides is 1. The molecule has 0 N–H and O–H groups in total. The Kier molecular flexibility index (Phi) is 6.46. The fraction of sp³-hybridized carbons (Fsp3) is 0.875. The van der Waals surface area contributed by atoms with Crippen molar-refractivity contribution in [2.45, 2.75) is 6.92 Å². The lowest BCUT2D eigenvalue weighted by Crippen LogP contribution is -2.38. The van der Waals surface area contributed by atoms with Gasteiger partial charge >= 0.3 is 5.97 Å². The fourth-order valence-electron chi connectivity index (χ4n) is 0.933. The molecule has 0 fully saturated rings. The number of methoxy groups -OCH3 is 2. The summed E-state index contributed by atoms with van der Waals surface area (Å²) in [6.07, 6.45) is 0. The first kappa shape index (κ1) is 14.3. The fourth-order valence-corrected chi connectivity index (χ4v) is 2.26. The van der Waals surface area contributed by atoms with Gasteiger partial charge in [0.25, 0.3) is 0 Å². The van der Waals surface area contributed by atoms with Crippen LogP contribution < -0.4 is 0 Å². The molecule has 0 saturated heterocycles. The number of likely N-dealkylation sites (N-methyl/N-ethyl adjacent to an activating group) is 1. The van der Waals surface area contributed by atoms with Gasteiger partial charge in [0.05, 0.1) is 19.5 Å². The van der Waals surface area contributed by atoms with E-state index in [1.54, 1.807) is 6.92 Å². The Morgan fingerprint density at radius 1 is 1.33 bits per heavy atom. The molecule has 0 saturated carbocycles. The van der Waals surface area contributed by atoms with E-state index in [-0.39, 0.29) is 25.4 Å². The summed E-state index contributed by atoms with van der Waals surface area (Å²) < 4.78 is 33.4. The summed E-state index contributed by atoms with van der Waals surface area (Å²) in [4.78, 5) is 10.9. The molecule has 0 atom stereocenters. The third-order valence-corrected chi connectivity index (χ3v) is 3.68. The molecule has 90 valence electrons. The molecule has 15 heavy (non-hydrogen) atoms. The van der Waals surface area contributed by atoms with Crippen molar-refractivity contribution < 1.29 is 22.7 Å². The van der Waals surface area contributed by atoms with Crippen LogP contribution in [0.3, 0.4) is 0 Å². The van der Waals surface area contributed by atoms with Crippen LogP contribution in [0.25, 0.3) is 0 Å². The van der Waals surface area contributed by atoms with Gasteiger partial charge in [-0.25, -0.2) is 8.42 Å². The van der Waals surface area contributed by atoms with Gasteiger partial charge in [-0.05, 0) is 0 Å². The maximum absolute atomic E-state index is 11.6. The zero-order valence-electron chi connectivity index (χ0n) is 9.23. The van der Waals surface area contributed by atoms with E-state index in [1.165, 1.54) is 14.2 Å². The maximum Gasteiger partial charge on any atom is 0.321 e. The van der Waals surface area contributed by atoms with Gasteiger partial charge in [0.2, 0.25) is 10.0 Å². The first-order valence-corrected chi connectivity index (χ1v) is 6.12. The van der Waals surface area contributed by atoms with Crippen LogP contribution in [0.2, 0.25) is 0 Å². The van der Waals surface area contributed by atoms with Crippen molar-refractivity contribution in [2.75, 3.05) is 39.7 Å². The molecule has 0 aliphatic rings. The minimum atomic E-state index is -3.43. The van der Waals surface area contributed by atoms with E-state index in [0.29, 0.717) is 0 Å². The molecule has 7 heteroatoms. The number of hydrogen-bond donors (Lipinski definition) is 0. The van der Waals surface area contributed by atoms with Crippen molar-refractivity contribution in [1.82, 2.24) is 4.31 Å². The number of rotatable bonds is 7. The quantitative estimate of drug-likeness (QED) is 0.558. The number of nitrogens with zero attached hydrogens (tertiary/aromatic N) is 1. The molecule has 0 aliphatic heterocycles. The zero-order chi connectivity index (χ0) is 11.9. The smallest absolute Gasteiger partial charge is 0.321 e. The Labute approximate surface area is 90.2 Å². The molecule has 0 amide bonds. The van der Waals surface area contributed by atoms with Crippen LogP contribution in [0.1, 0.15) is 6.92 Å². The largest absolute Gasteiger partial charge is 0.468 e. The predicted molar refractivity (Wildman–Crippen MR) is 54.9 cm³/mol. The molecule has 0 rings (SSSR count). The zero-order valence-corrected chi connectivity index (χ0v) is 10.0. The Morgan fingerprint density at radius 2 is 1.93 bits per heavy atom. The standard InChI is InChI=1S/C8H17NO5S/c1-4-9(7-8(10)14-3)15(11,12)6-5-13-2/h4-7H2,1-3H3. The Hall–Kier alpha value is -0.660. The Bertz CT molecular complexity index is 287. The van der Waals surface area contributed by atoms with E-state index in [0.717, 1.165) is 4.31 Å². The van der Waals surface area contributed by atoms with Crippen LogP contribution >= 0.6 is 0 Å². The summed E-state index contributed by atoms with van der Waals surface area (Å²) in [5.41, 5.74) is 0. The van der Waals surface area contributed by atoms with Crippen molar-refractivity contribution in [3.8, 4) is 0 Å². The number of hydrogen-bond acceptors (Lipinski definition) is 5. The molecule has 6 nitrogen and oxygen atoms in total. The lowest BCUT2D eigenvalue weighted by Gasteiger charge is -2.18. The van der Waals surface area contributed by atoms with Crippen LogP contribution in [0, 0.1) is 0 Å².